The Labute approximate surface area is 110 Å². The molecule has 1 aromatic carbocycles. The summed E-state index contributed by atoms with van der Waals surface area (Å²) in [7, 11) is -3.44. The first-order chi connectivity index (χ1) is 8.36. The standard InChI is InChI=1S/C13H22N2O2S/c1-4-5-6-11(3)15-18(16,17)13-8-7-12(14)9-10(13)2/h7-9,11,15H,4-6,14H2,1-3H3. The Morgan fingerprint density at radius 2 is 2.06 bits per heavy atom. The number of benzene rings is 1. The average Bonchev–Trinajstić information content (AvgIpc) is 2.25. The van der Waals surface area contributed by atoms with Crippen LogP contribution in [0.2, 0.25) is 0 Å². The number of anilines is 1. The van der Waals surface area contributed by atoms with Crippen molar-refractivity contribution in [1.29, 1.82) is 0 Å². The van der Waals surface area contributed by atoms with Crippen LogP contribution < -0.4 is 10.5 Å². The maximum Gasteiger partial charge on any atom is 0.241 e. The second kappa shape index (κ2) is 6.20. The molecule has 0 aliphatic heterocycles. The van der Waals surface area contributed by atoms with Crippen molar-refractivity contribution in [1.82, 2.24) is 4.72 Å². The summed E-state index contributed by atoms with van der Waals surface area (Å²) in [5.74, 6) is 0. The second-order valence-corrected chi connectivity index (χ2v) is 6.37. The van der Waals surface area contributed by atoms with Gasteiger partial charge < -0.3 is 5.73 Å². The van der Waals surface area contributed by atoms with Gasteiger partial charge in [-0.05, 0) is 44.0 Å². The summed E-state index contributed by atoms with van der Waals surface area (Å²) >= 11 is 0. The fraction of sp³-hybridized carbons (Fsp3) is 0.538. The summed E-state index contributed by atoms with van der Waals surface area (Å²) in [6, 6.07) is 4.79. The van der Waals surface area contributed by atoms with Crippen molar-refractivity contribution in [3.63, 3.8) is 0 Å². The second-order valence-electron chi connectivity index (χ2n) is 4.69. The Kier molecular flexibility index (Phi) is 5.16. The van der Waals surface area contributed by atoms with E-state index in [1.165, 1.54) is 0 Å². The molecule has 1 atom stereocenters. The fourth-order valence-corrected chi connectivity index (χ4v) is 3.38. The number of aryl methyl sites for hydroxylation is 1. The Bertz CT molecular complexity index is 498. The molecule has 0 saturated heterocycles. The zero-order chi connectivity index (χ0) is 13.8. The van der Waals surface area contributed by atoms with Crippen molar-refractivity contribution < 1.29 is 8.42 Å². The Balaban J connectivity index is 2.86. The lowest BCUT2D eigenvalue weighted by molar-refractivity contribution is 0.534. The van der Waals surface area contributed by atoms with Crippen LogP contribution >= 0.6 is 0 Å². The molecule has 1 unspecified atom stereocenters. The SMILES string of the molecule is CCCCC(C)NS(=O)(=O)c1ccc(N)cc1C. The molecule has 5 heteroatoms. The Morgan fingerprint density at radius 3 is 2.61 bits per heavy atom. The highest BCUT2D eigenvalue weighted by molar-refractivity contribution is 7.89. The highest BCUT2D eigenvalue weighted by Crippen LogP contribution is 2.18. The molecular formula is C13H22N2O2S. The van der Waals surface area contributed by atoms with Gasteiger partial charge in [0, 0.05) is 11.7 Å². The minimum atomic E-state index is -3.44. The van der Waals surface area contributed by atoms with Crippen molar-refractivity contribution in [2.24, 2.45) is 0 Å². The van der Waals surface area contributed by atoms with Crippen LogP contribution in [-0.4, -0.2) is 14.5 Å². The predicted octanol–water partition coefficient (Wildman–Crippen LogP) is 2.43. The van der Waals surface area contributed by atoms with E-state index >= 15 is 0 Å². The van der Waals surface area contributed by atoms with Crippen LogP contribution in [0.1, 0.15) is 38.7 Å². The van der Waals surface area contributed by atoms with Gasteiger partial charge in [0.15, 0.2) is 0 Å². The normalized spacial score (nSPS) is 13.5. The highest BCUT2D eigenvalue weighted by atomic mass is 32.2. The first-order valence-corrected chi connectivity index (χ1v) is 7.73. The van der Waals surface area contributed by atoms with Crippen LogP contribution in [0.3, 0.4) is 0 Å². The molecule has 0 aromatic heterocycles. The summed E-state index contributed by atoms with van der Waals surface area (Å²) in [6.07, 6.45) is 2.93. The van der Waals surface area contributed by atoms with Gasteiger partial charge in [0.25, 0.3) is 0 Å². The third-order valence-corrected chi connectivity index (χ3v) is 4.59. The summed E-state index contributed by atoms with van der Waals surface area (Å²) in [6.45, 7) is 5.73. The van der Waals surface area contributed by atoms with Gasteiger partial charge in [0.2, 0.25) is 10.0 Å². The molecule has 0 amide bonds. The number of nitrogens with two attached hydrogens (primary N) is 1. The van der Waals surface area contributed by atoms with Gasteiger partial charge in [-0.3, -0.25) is 0 Å². The first kappa shape index (κ1) is 15.0. The summed E-state index contributed by atoms with van der Waals surface area (Å²) in [5, 5.41) is 0. The molecule has 3 N–H and O–H groups in total. The van der Waals surface area contributed by atoms with Crippen molar-refractivity contribution in [3.05, 3.63) is 23.8 Å². The van der Waals surface area contributed by atoms with Crippen LogP contribution in [0, 0.1) is 6.92 Å². The van der Waals surface area contributed by atoms with E-state index in [1.807, 2.05) is 6.92 Å². The molecule has 1 rings (SSSR count). The van der Waals surface area contributed by atoms with Gasteiger partial charge in [-0.1, -0.05) is 19.8 Å². The maximum absolute atomic E-state index is 12.2. The summed E-state index contributed by atoms with van der Waals surface area (Å²) < 4.78 is 27.1. The number of hydrogen-bond donors (Lipinski definition) is 2. The molecule has 102 valence electrons. The zero-order valence-corrected chi connectivity index (χ0v) is 12.0. The summed E-state index contributed by atoms with van der Waals surface area (Å²) in [4.78, 5) is 0.306. The van der Waals surface area contributed by atoms with Crippen molar-refractivity contribution in [2.45, 2.75) is 51.0 Å². The maximum atomic E-state index is 12.2. The molecule has 0 aliphatic carbocycles. The van der Waals surface area contributed by atoms with Crippen LogP contribution in [0.25, 0.3) is 0 Å². The molecule has 0 aliphatic rings. The lowest BCUT2D eigenvalue weighted by atomic mass is 10.2. The molecule has 18 heavy (non-hydrogen) atoms. The third kappa shape index (κ3) is 3.99. The monoisotopic (exact) mass is 270 g/mol. The van der Waals surface area contributed by atoms with Crippen molar-refractivity contribution in [2.75, 3.05) is 5.73 Å². The molecule has 0 bridgehead atoms. The van der Waals surface area contributed by atoms with Crippen molar-refractivity contribution in [3.8, 4) is 0 Å². The topological polar surface area (TPSA) is 72.2 Å². The molecule has 1 aromatic rings. The first-order valence-electron chi connectivity index (χ1n) is 6.25. The van der Waals surface area contributed by atoms with Crippen LogP contribution in [-0.2, 0) is 10.0 Å². The van der Waals surface area contributed by atoms with E-state index in [0.29, 0.717) is 16.1 Å². The molecular weight excluding hydrogens is 248 g/mol. The minimum absolute atomic E-state index is 0.0492. The largest absolute Gasteiger partial charge is 0.399 e. The number of nitrogens with one attached hydrogen (secondary N) is 1. The molecule has 0 spiro atoms. The van der Waals surface area contributed by atoms with E-state index in [1.54, 1.807) is 25.1 Å². The van der Waals surface area contributed by atoms with E-state index in [-0.39, 0.29) is 6.04 Å². The summed E-state index contributed by atoms with van der Waals surface area (Å²) in [5.41, 5.74) is 6.87. The number of hydrogen-bond acceptors (Lipinski definition) is 3. The quantitative estimate of drug-likeness (QED) is 0.780. The zero-order valence-electron chi connectivity index (χ0n) is 11.2. The smallest absolute Gasteiger partial charge is 0.241 e. The molecule has 0 radical (unpaired) electrons. The molecule has 0 saturated carbocycles. The lowest BCUT2D eigenvalue weighted by Crippen LogP contribution is -2.32. The highest BCUT2D eigenvalue weighted by Gasteiger charge is 2.19. The number of nitrogen functional groups attached to an aromatic ring is 1. The van der Waals surface area contributed by atoms with Crippen molar-refractivity contribution >= 4 is 15.7 Å². The lowest BCUT2D eigenvalue weighted by Gasteiger charge is -2.15. The predicted molar refractivity (Wildman–Crippen MR) is 74.9 cm³/mol. The molecule has 4 nitrogen and oxygen atoms in total. The van der Waals surface area contributed by atoms with Gasteiger partial charge in [0.1, 0.15) is 0 Å². The van der Waals surface area contributed by atoms with E-state index < -0.39 is 10.0 Å². The van der Waals surface area contributed by atoms with E-state index in [4.69, 9.17) is 5.73 Å². The average molecular weight is 270 g/mol. The van der Waals surface area contributed by atoms with Gasteiger partial charge in [-0.15, -0.1) is 0 Å². The van der Waals surface area contributed by atoms with Gasteiger partial charge in [-0.2, -0.15) is 0 Å². The minimum Gasteiger partial charge on any atom is -0.399 e. The van der Waals surface area contributed by atoms with Crippen LogP contribution in [0.15, 0.2) is 23.1 Å². The number of unbranched alkanes of at least 4 members (excludes halogenated alkanes) is 1. The number of sulfonamides is 1. The third-order valence-electron chi connectivity index (χ3n) is 2.84. The number of rotatable bonds is 6. The fourth-order valence-electron chi connectivity index (χ4n) is 1.87. The van der Waals surface area contributed by atoms with Crippen LogP contribution in [0.5, 0.6) is 0 Å². The van der Waals surface area contributed by atoms with E-state index in [9.17, 15) is 8.42 Å². The Morgan fingerprint density at radius 1 is 1.39 bits per heavy atom. The van der Waals surface area contributed by atoms with Gasteiger partial charge >= 0.3 is 0 Å². The van der Waals surface area contributed by atoms with Gasteiger partial charge in [0.05, 0.1) is 4.90 Å². The van der Waals surface area contributed by atoms with Crippen LogP contribution in [0.4, 0.5) is 5.69 Å². The molecule has 0 heterocycles. The van der Waals surface area contributed by atoms with Gasteiger partial charge in [-0.25, -0.2) is 13.1 Å². The van der Waals surface area contributed by atoms with E-state index in [0.717, 1.165) is 19.3 Å². The molecule has 0 fully saturated rings. The Hall–Kier alpha value is -1.07. The van der Waals surface area contributed by atoms with E-state index in [2.05, 4.69) is 11.6 Å².